The molecule has 0 aliphatic heterocycles. The zero-order valence-corrected chi connectivity index (χ0v) is 8.02. The fourth-order valence-electron chi connectivity index (χ4n) is 0.647. The topological polar surface area (TPSA) is 85.2 Å². The van der Waals surface area contributed by atoms with Gasteiger partial charge >= 0.3 is 0 Å². The highest BCUT2D eigenvalue weighted by molar-refractivity contribution is 9.11. The van der Waals surface area contributed by atoms with Crippen molar-refractivity contribution in [3.63, 3.8) is 0 Å². The highest BCUT2D eigenvalue weighted by Crippen LogP contribution is 2.30. The smallest absolute Gasteiger partial charge is 0.181 e. The molecule has 0 fully saturated rings. The standard InChI is InChI=1S/C5H8BrN3OS/c6-4-3(2(10)1-7)9-5(8)11-4/h2,10H,1,7H2,(H2,8,9). The Bertz CT molecular complexity index is 252. The lowest BCUT2D eigenvalue weighted by molar-refractivity contribution is 0.182. The molecule has 11 heavy (non-hydrogen) atoms. The van der Waals surface area contributed by atoms with Crippen molar-refractivity contribution in [2.45, 2.75) is 6.10 Å². The van der Waals surface area contributed by atoms with Gasteiger partial charge in [0.05, 0.1) is 9.48 Å². The van der Waals surface area contributed by atoms with Gasteiger partial charge in [-0.15, -0.1) is 0 Å². The van der Waals surface area contributed by atoms with E-state index >= 15 is 0 Å². The maximum atomic E-state index is 9.26. The van der Waals surface area contributed by atoms with Crippen LogP contribution in [-0.4, -0.2) is 16.6 Å². The highest BCUT2D eigenvalue weighted by atomic mass is 79.9. The first-order valence-electron chi connectivity index (χ1n) is 2.95. The second-order valence-electron chi connectivity index (χ2n) is 1.96. The van der Waals surface area contributed by atoms with Crippen LogP contribution >= 0.6 is 27.3 Å². The monoisotopic (exact) mass is 237 g/mol. The second kappa shape index (κ2) is 3.48. The normalized spacial score (nSPS) is 13.4. The largest absolute Gasteiger partial charge is 0.385 e. The number of hydrogen-bond donors (Lipinski definition) is 3. The van der Waals surface area contributed by atoms with E-state index in [2.05, 4.69) is 20.9 Å². The van der Waals surface area contributed by atoms with Crippen molar-refractivity contribution >= 4 is 32.4 Å². The van der Waals surface area contributed by atoms with Crippen LogP contribution in [0.5, 0.6) is 0 Å². The number of halogens is 1. The number of nitrogens with two attached hydrogens (primary N) is 2. The van der Waals surface area contributed by atoms with E-state index in [1.165, 1.54) is 11.3 Å². The van der Waals surface area contributed by atoms with Gasteiger partial charge in [0.2, 0.25) is 0 Å². The summed E-state index contributed by atoms with van der Waals surface area (Å²) < 4.78 is 0.743. The van der Waals surface area contributed by atoms with Crippen molar-refractivity contribution in [2.75, 3.05) is 12.3 Å². The molecule has 1 rings (SSSR count). The second-order valence-corrected chi connectivity index (χ2v) is 4.31. The van der Waals surface area contributed by atoms with Crippen LogP contribution in [0.15, 0.2) is 3.79 Å². The molecule has 1 atom stereocenters. The fraction of sp³-hybridized carbons (Fsp3) is 0.400. The number of aliphatic hydroxyl groups is 1. The molecule has 0 aromatic carbocycles. The lowest BCUT2D eigenvalue weighted by Gasteiger charge is -2.02. The average molecular weight is 238 g/mol. The summed E-state index contributed by atoms with van der Waals surface area (Å²) in [6.07, 6.45) is -0.724. The Morgan fingerprint density at radius 3 is 2.73 bits per heavy atom. The molecule has 0 amide bonds. The van der Waals surface area contributed by atoms with Gasteiger partial charge < -0.3 is 16.6 Å². The first kappa shape index (κ1) is 8.92. The Hall–Kier alpha value is -0.170. The third-order valence-corrected chi connectivity index (χ3v) is 2.75. The van der Waals surface area contributed by atoms with Gasteiger partial charge in [0.15, 0.2) is 5.13 Å². The van der Waals surface area contributed by atoms with Crippen molar-refractivity contribution in [3.05, 3.63) is 9.48 Å². The molecule has 0 aliphatic rings. The van der Waals surface area contributed by atoms with E-state index in [0.717, 1.165) is 3.79 Å². The van der Waals surface area contributed by atoms with Crippen LogP contribution in [0.25, 0.3) is 0 Å². The molecular formula is C5H8BrN3OS. The van der Waals surface area contributed by atoms with Gasteiger partial charge in [0.25, 0.3) is 0 Å². The number of nitrogens with zero attached hydrogens (tertiary/aromatic N) is 1. The van der Waals surface area contributed by atoms with Crippen LogP contribution in [0, 0.1) is 0 Å². The average Bonchev–Trinajstić information content (AvgIpc) is 2.28. The number of nitrogen functional groups attached to an aromatic ring is 1. The molecule has 0 saturated carbocycles. The van der Waals surface area contributed by atoms with E-state index in [4.69, 9.17) is 11.5 Å². The van der Waals surface area contributed by atoms with E-state index in [0.29, 0.717) is 10.8 Å². The molecule has 0 bridgehead atoms. The molecule has 0 radical (unpaired) electrons. The maximum absolute atomic E-state index is 9.26. The van der Waals surface area contributed by atoms with Gasteiger partial charge in [0.1, 0.15) is 6.10 Å². The van der Waals surface area contributed by atoms with Crippen molar-refractivity contribution in [2.24, 2.45) is 5.73 Å². The van der Waals surface area contributed by atoms with Crippen molar-refractivity contribution < 1.29 is 5.11 Å². The van der Waals surface area contributed by atoms with Crippen molar-refractivity contribution in [3.8, 4) is 0 Å². The zero-order valence-electron chi connectivity index (χ0n) is 5.62. The summed E-state index contributed by atoms with van der Waals surface area (Å²) in [6.45, 7) is 0.155. The van der Waals surface area contributed by atoms with Gasteiger partial charge in [-0.05, 0) is 15.9 Å². The summed E-state index contributed by atoms with van der Waals surface area (Å²) in [4.78, 5) is 3.90. The molecule has 1 heterocycles. The molecule has 1 unspecified atom stereocenters. The first-order chi connectivity index (χ1) is 5.15. The summed E-state index contributed by atoms with van der Waals surface area (Å²) >= 11 is 4.50. The summed E-state index contributed by atoms with van der Waals surface area (Å²) in [5, 5.41) is 9.69. The number of aromatic nitrogens is 1. The predicted octanol–water partition coefficient (Wildman–Crippen LogP) is 0.480. The minimum Gasteiger partial charge on any atom is -0.385 e. The van der Waals surface area contributed by atoms with Gasteiger partial charge in [-0.1, -0.05) is 11.3 Å². The number of rotatable bonds is 2. The zero-order chi connectivity index (χ0) is 8.43. The SMILES string of the molecule is NCC(O)c1nc(N)sc1Br. The number of hydrogen-bond acceptors (Lipinski definition) is 5. The first-order valence-corrected chi connectivity index (χ1v) is 4.56. The molecule has 0 aliphatic carbocycles. The van der Waals surface area contributed by atoms with E-state index in [9.17, 15) is 5.11 Å². The molecule has 1 aromatic heterocycles. The third kappa shape index (κ3) is 1.90. The van der Waals surface area contributed by atoms with Gasteiger partial charge in [-0.2, -0.15) is 0 Å². The summed E-state index contributed by atoms with van der Waals surface area (Å²) in [7, 11) is 0. The summed E-state index contributed by atoms with van der Waals surface area (Å²) in [5.41, 5.74) is 11.2. The lowest BCUT2D eigenvalue weighted by atomic mass is 10.3. The molecule has 5 N–H and O–H groups in total. The van der Waals surface area contributed by atoms with Gasteiger partial charge in [-0.3, -0.25) is 0 Å². The van der Waals surface area contributed by atoms with E-state index in [-0.39, 0.29) is 6.54 Å². The number of aliphatic hydroxyl groups excluding tert-OH is 1. The molecule has 4 nitrogen and oxygen atoms in total. The minimum atomic E-state index is -0.724. The summed E-state index contributed by atoms with van der Waals surface area (Å²) in [5.74, 6) is 0. The van der Waals surface area contributed by atoms with E-state index in [1.807, 2.05) is 0 Å². The number of thiazole rings is 1. The molecule has 0 saturated heterocycles. The summed E-state index contributed by atoms with van der Waals surface area (Å²) in [6, 6.07) is 0. The van der Waals surface area contributed by atoms with E-state index < -0.39 is 6.10 Å². The van der Waals surface area contributed by atoms with Crippen LogP contribution in [0.4, 0.5) is 5.13 Å². The quantitative estimate of drug-likeness (QED) is 0.699. The highest BCUT2D eigenvalue weighted by Gasteiger charge is 2.14. The Labute approximate surface area is 76.4 Å². The molecule has 6 heteroatoms. The van der Waals surface area contributed by atoms with Crippen LogP contribution < -0.4 is 11.5 Å². The van der Waals surface area contributed by atoms with Crippen molar-refractivity contribution in [1.29, 1.82) is 0 Å². The molecule has 0 spiro atoms. The molecular weight excluding hydrogens is 230 g/mol. The van der Waals surface area contributed by atoms with E-state index in [1.54, 1.807) is 0 Å². The Morgan fingerprint density at radius 2 is 2.36 bits per heavy atom. The van der Waals surface area contributed by atoms with Crippen LogP contribution in [0.3, 0.4) is 0 Å². The van der Waals surface area contributed by atoms with Crippen LogP contribution in [-0.2, 0) is 0 Å². The van der Waals surface area contributed by atoms with Crippen LogP contribution in [0.1, 0.15) is 11.8 Å². The molecule has 1 aromatic rings. The predicted molar refractivity (Wildman–Crippen MR) is 48.2 cm³/mol. The Balaban J connectivity index is 2.93. The third-order valence-electron chi connectivity index (χ3n) is 1.17. The van der Waals surface area contributed by atoms with Crippen molar-refractivity contribution in [1.82, 2.24) is 4.98 Å². The Kier molecular flexibility index (Phi) is 2.83. The maximum Gasteiger partial charge on any atom is 0.181 e. The van der Waals surface area contributed by atoms with Gasteiger partial charge in [-0.25, -0.2) is 4.98 Å². The number of anilines is 1. The Morgan fingerprint density at radius 1 is 1.73 bits per heavy atom. The minimum absolute atomic E-state index is 0.155. The van der Waals surface area contributed by atoms with Crippen LogP contribution in [0.2, 0.25) is 0 Å². The van der Waals surface area contributed by atoms with Gasteiger partial charge in [0, 0.05) is 6.54 Å². The molecule has 62 valence electrons. The fourth-order valence-corrected chi connectivity index (χ4v) is 2.11. The lowest BCUT2D eigenvalue weighted by Crippen LogP contribution is -2.12.